The zero-order chi connectivity index (χ0) is 15.2. The third-order valence-electron chi connectivity index (χ3n) is 3.94. The Bertz CT molecular complexity index is 462. The predicted molar refractivity (Wildman–Crippen MR) is 84.5 cm³/mol. The summed E-state index contributed by atoms with van der Waals surface area (Å²) < 4.78 is 0. The number of piperidine rings is 1. The van der Waals surface area contributed by atoms with Crippen LogP contribution in [0.1, 0.15) is 36.9 Å². The van der Waals surface area contributed by atoms with Gasteiger partial charge in [0.15, 0.2) is 0 Å². The first-order chi connectivity index (χ1) is 10.1. The Morgan fingerprint density at radius 1 is 1.67 bits per heavy atom. The maximum absolute atomic E-state index is 12.1. The zero-order valence-corrected chi connectivity index (χ0v) is 13.7. The maximum atomic E-state index is 12.1. The summed E-state index contributed by atoms with van der Waals surface area (Å²) in [4.78, 5) is 18.3. The molecule has 2 unspecified atom stereocenters. The van der Waals surface area contributed by atoms with Gasteiger partial charge in [0, 0.05) is 43.0 Å². The molecule has 21 heavy (non-hydrogen) atoms. The quantitative estimate of drug-likeness (QED) is 0.819. The van der Waals surface area contributed by atoms with Crippen molar-refractivity contribution in [3.05, 3.63) is 16.1 Å². The molecule has 2 N–H and O–H groups in total. The van der Waals surface area contributed by atoms with E-state index in [0.29, 0.717) is 13.1 Å². The molecule has 0 bridgehead atoms. The normalized spacial score (nSPS) is 20.3. The van der Waals surface area contributed by atoms with Gasteiger partial charge in [-0.2, -0.15) is 0 Å². The monoisotopic (exact) mass is 311 g/mol. The minimum absolute atomic E-state index is 0.00401. The van der Waals surface area contributed by atoms with Gasteiger partial charge < -0.3 is 15.3 Å². The Kier molecular flexibility index (Phi) is 5.99. The van der Waals surface area contributed by atoms with Crippen LogP contribution < -0.4 is 5.32 Å². The summed E-state index contributed by atoms with van der Waals surface area (Å²) >= 11 is 1.68. The van der Waals surface area contributed by atoms with Gasteiger partial charge >= 0.3 is 6.03 Å². The molecule has 1 aliphatic heterocycles. The number of hydrogen-bond donors (Lipinski definition) is 2. The Morgan fingerprint density at radius 2 is 2.48 bits per heavy atom. The van der Waals surface area contributed by atoms with Crippen LogP contribution in [-0.4, -0.2) is 46.8 Å². The number of nitrogens with zero attached hydrogens (tertiary/aromatic N) is 2. The summed E-state index contributed by atoms with van der Waals surface area (Å²) in [5, 5.41) is 15.8. The first-order valence-electron chi connectivity index (χ1n) is 7.68. The van der Waals surface area contributed by atoms with Gasteiger partial charge in [0.2, 0.25) is 0 Å². The van der Waals surface area contributed by atoms with Crippen molar-refractivity contribution in [2.24, 2.45) is 5.92 Å². The van der Waals surface area contributed by atoms with Crippen LogP contribution >= 0.6 is 11.3 Å². The molecule has 5 nitrogen and oxygen atoms in total. The number of amides is 2. The molecule has 0 aliphatic carbocycles. The molecule has 2 heterocycles. The average Bonchev–Trinajstić information content (AvgIpc) is 2.89. The van der Waals surface area contributed by atoms with Gasteiger partial charge in [0.25, 0.3) is 0 Å². The molecular weight excluding hydrogens is 286 g/mol. The lowest BCUT2D eigenvalue weighted by Crippen LogP contribution is -2.47. The highest BCUT2D eigenvalue weighted by Crippen LogP contribution is 2.19. The van der Waals surface area contributed by atoms with E-state index in [1.807, 2.05) is 18.7 Å². The summed E-state index contributed by atoms with van der Waals surface area (Å²) in [6.07, 6.45) is 3.46. The number of thiazole rings is 1. The lowest BCUT2D eigenvalue weighted by atomic mass is 9.94. The summed E-state index contributed by atoms with van der Waals surface area (Å²) in [7, 11) is 0. The third kappa shape index (κ3) is 4.97. The first-order valence-corrected chi connectivity index (χ1v) is 8.56. The van der Waals surface area contributed by atoms with Gasteiger partial charge in [-0.05, 0) is 33.1 Å². The highest BCUT2D eigenvalue weighted by atomic mass is 32.1. The van der Waals surface area contributed by atoms with Gasteiger partial charge in [0.05, 0.1) is 11.1 Å². The minimum Gasteiger partial charge on any atom is -0.393 e. The SMILES string of the molecule is Cc1csc(CCCNC(=O)N2CCCC(C(C)O)C2)n1. The van der Waals surface area contributed by atoms with Crippen LogP contribution in [-0.2, 0) is 6.42 Å². The fourth-order valence-electron chi connectivity index (χ4n) is 2.65. The molecule has 1 aliphatic rings. The summed E-state index contributed by atoms with van der Waals surface area (Å²) in [6, 6.07) is -0.00401. The van der Waals surface area contributed by atoms with Crippen LogP contribution in [0.25, 0.3) is 0 Å². The van der Waals surface area contributed by atoms with Crippen molar-refractivity contribution in [2.75, 3.05) is 19.6 Å². The molecule has 1 saturated heterocycles. The largest absolute Gasteiger partial charge is 0.393 e. The van der Waals surface area contributed by atoms with E-state index in [2.05, 4.69) is 15.7 Å². The summed E-state index contributed by atoms with van der Waals surface area (Å²) in [5.74, 6) is 0.211. The van der Waals surface area contributed by atoms with E-state index >= 15 is 0 Å². The van der Waals surface area contributed by atoms with Crippen LogP contribution in [0.15, 0.2) is 5.38 Å². The molecular formula is C15H25N3O2S. The number of hydrogen-bond acceptors (Lipinski definition) is 4. The molecule has 6 heteroatoms. The van der Waals surface area contributed by atoms with Gasteiger partial charge in [-0.15, -0.1) is 11.3 Å². The highest BCUT2D eigenvalue weighted by molar-refractivity contribution is 7.09. The number of carbonyl (C=O) groups is 1. The zero-order valence-electron chi connectivity index (χ0n) is 12.8. The number of nitrogens with one attached hydrogen (secondary N) is 1. The van der Waals surface area contributed by atoms with E-state index in [1.54, 1.807) is 11.3 Å². The Labute approximate surface area is 130 Å². The predicted octanol–water partition coefficient (Wildman–Crippen LogP) is 2.19. The van der Waals surface area contributed by atoms with Crippen molar-refractivity contribution in [3.63, 3.8) is 0 Å². The van der Waals surface area contributed by atoms with Crippen molar-refractivity contribution in [1.29, 1.82) is 0 Å². The van der Waals surface area contributed by atoms with Crippen LogP contribution in [0, 0.1) is 12.8 Å². The lowest BCUT2D eigenvalue weighted by molar-refractivity contribution is 0.0739. The molecule has 2 atom stereocenters. The van der Waals surface area contributed by atoms with Crippen molar-refractivity contribution in [2.45, 2.75) is 45.6 Å². The van der Waals surface area contributed by atoms with Crippen LogP contribution in [0.5, 0.6) is 0 Å². The van der Waals surface area contributed by atoms with Crippen LogP contribution in [0.2, 0.25) is 0 Å². The molecule has 1 fully saturated rings. The molecule has 0 aromatic carbocycles. The fourth-order valence-corrected chi connectivity index (χ4v) is 3.47. The number of aliphatic hydroxyl groups excluding tert-OH is 1. The second kappa shape index (κ2) is 7.75. The number of likely N-dealkylation sites (tertiary alicyclic amines) is 1. The Hall–Kier alpha value is -1.14. The molecule has 0 spiro atoms. The van der Waals surface area contributed by atoms with Crippen molar-refractivity contribution in [3.8, 4) is 0 Å². The number of rotatable bonds is 5. The van der Waals surface area contributed by atoms with Crippen molar-refractivity contribution < 1.29 is 9.90 Å². The van der Waals surface area contributed by atoms with E-state index < -0.39 is 0 Å². The standard InChI is InChI=1S/C15H25N3O2S/c1-11-10-21-14(17-11)6-3-7-16-15(20)18-8-4-5-13(9-18)12(2)19/h10,12-13,19H,3-9H2,1-2H3,(H,16,20). The van der Waals surface area contributed by atoms with Gasteiger partial charge in [-0.3, -0.25) is 0 Å². The molecule has 118 valence electrons. The third-order valence-corrected chi connectivity index (χ3v) is 4.96. The van der Waals surface area contributed by atoms with Crippen molar-refractivity contribution >= 4 is 17.4 Å². The van der Waals surface area contributed by atoms with Crippen LogP contribution in [0.4, 0.5) is 4.79 Å². The maximum Gasteiger partial charge on any atom is 0.317 e. The van der Waals surface area contributed by atoms with Crippen molar-refractivity contribution in [1.82, 2.24) is 15.2 Å². The minimum atomic E-state index is -0.339. The first kappa shape index (κ1) is 16.2. The molecule has 2 rings (SSSR count). The summed E-state index contributed by atoms with van der Waals surface area (Å²) in [5.41, 5.74) is 1.07. The molecule has 1 aromatic heterocycles. The molecule has 1 aromatic rings. The van der Waals surface area contributed by atoms with E-state index in [-0.39, 0.29) is 18.1 Å². The summed E-state index contributed by atoms with van der Waals surface area (Å²) in [6.45, 7) is 5.93. The molecule has 2 amide bonds. The Balaban J connectivity index is 1.67. The molecule has 0 radical (unpaired) electrons. The van der Waals surface area contributed by atoms with Gasteiger partial charge in [-0.1, -0.05) is 0 Å². The van der Waals surface area contributed by atoms with E-state index in [4.69, 9.17) is 0 Å². The Morgan fingerprint density at radius 3 is 3.14 bits per heavy atom. The van der Waals surface area contributed by atoms with E-state index in [9.17, 15) is 9.90 Å². The number of carbonyl (C=O) groups excluding carboxylic acids is 1. The molecule has 0 saturated carbocycles. The lowest BCUT2D eigenvalue weighted by Gasteiger charge is -2.34. The van der Waals surface area contributed by atoms with Gasteiger partial charge in [0.1, 0.15) is 0 Å². The average molecular weight is 311 g/mol. The van der Waals surface area contributed by atoms with E-state index in [0.717, 1.165) is 42.9 Å². The second-order valence-electron chi connectivity index (χ2n) is 5.81. The number of aromatic nitrogens is 1. The number of aliphatic hydroxyl groups is 1. The van der Waals surface area contributed by atoms with Crippen LogP contribution in [0.3, 0.4) is 0 Å². The fraction of sp³-hybridized carbons (Fsp3) is 0.733. The second-order valence-corrected chi connectivity index (χ2v) is 6.75. The number of urea groups is 1. The highest BCUT2D eigenvalue weighted by Gasteiger charge is 2.26. The topological polar surface area (TPSA) is 65.5 Å². The smallest absolute Gasteiger partial charge is 0.317 e. The van der Waals surface area contributed by atoms with E-state index in [1.165, 1.54) is 0 Å². The van der Waals surface area contributed by atoms with Gasteiger partial charge in [-0.25, -0.2) is 9.78 Å². The number of aryl methyl sites for hydroxylation is 2.